The van der Waals surface area contributed by atoms with Gasteiger partial charge in [0, 0.05) is 20.0 Å². The molecule has 0 aliphatic heterocycles. The van der Waals surface area contributed by atoms with Crippen molar-refractivity contribution in [2.24, 2.45) is 0 Å². The van der Waals surface area contributed by atoms with Crippen LogP contribution in [0.2, 0.25) is 0 Å². The quantitative estimate of drug-likeness (QED) is 0.380. The Hall–Kier alpha value is -1.83. The number of carbonyl (C=O) groups excluding carboxylic acids is 2. The van der Waals surface area contributed by atoms with E-state index in [0.717, 1.165) is 0 Å². The Morgan fingerprint density at radius 1 is 1.29 bits per heavy atom. The monoisotopic (exact) mass is 247 g/mol. The highest BCUT2D eigenvalue weighted by Gasteiger charge is 2.24. The van der Waals surface area contributed by atoms with Crippen molar-refractivity contribution in [2.75, 3.05) is 13.6 Å². The van der Waals surface area contributed by atoms with Crippen LogP contribution < -0.4 is 16.0 Å². The third-order valence-corrected chi connectivity index (χ3v) is 1.95. The first-order valence-corrected chi connectivity index (χ1v) is 5.04. The van der Waals surface area contributed by atoms with E-state index in [4.69, 9.17) is 10.2 Å². The number of hydrogen-bond acceptors (Lipinski definition) is 4. The number of carboxylic acid groups (broad SMARTS) is 1. The van der Waals surface area contributed by atoms with Crippen molar-refractivity contribution in [3.63, 3.8) is 0 Å². The van der Waals surface area contributed by atoms with Gasteiger partial charge in [0.05, 0.1) is 6.10 Å². The standard InChI is InChI=1S/C9H17N3O5/c1-5(13)7(8(15)16)12-9(17)11-4-3-6(14)10-2/h5,7,13H,3-4H2,1-2H3,(H,10,14)(H,15,16)(H2,11,12,17). The highest BCUT2D eigenvalue weighted by atomic mass is 16.4. The van der Waals surface area contributed by atoms with Crippen molar-refractivity contribution in [2.45, 2.75) is 25.5 Å². The largest absolute Gasteiger partial charge is 0.480 e. The zero-order valence-corrected chi connectivity index (χ0v) is 9.69. The number of hydrogen-bond donors (Lipinski definition) is 5. The second-order valence-electron chi connectivity index (χ2n) is 3.38. The van der Waals surface area contributed by atoms with Crippen LogP contribution in [0.15, 0.2) is 0 Å². The first-order valence-electron chi connectivity index (χ1n) is 5.04. The van der Waals surface area contributed by atoms with E-state index < -0.39 is 24.1 Å². The molecule has 0 aliphatic carbocycles. The van der Waals surface area contributed by atoms with Gasteiger partial charge in [-0.1, -0.05) is 0 Å². The number of nitrogens with one attached hydrogen (secondary N) is 3. The lowest BCUT2D eigenvalue weighted by Gasteiger charge is -2.17. The van der Waals surface area contributed by atoms with Gasteiger partial charge in [-0.3, -0.25) is 4.79 Å². The Morgan fingerprint density at radius 2 is 1.88 bits per heavy atom. The molecule has 0 aromatic heterocycles. The van der Waals surface area contributed by atoms with E-state index in [1.807, 2.05) is 0 Å². The van der Waals surface area contributed by atoms with Crippen molar-refractivity contribution in [1.29, 1.82) is 0 Å². The van der Waals surface area contributed by atoms with Crippen LogP contribution in [0.25, 0.3) is 0 Å². The summed E-state index contributed by atoms with van der Waals surface area (Å²) in [4.78, 5) is 32.7. The molecular weight excluding hydrogens is 230 g/mol. The van der Waals surface area contributed by atoms with Crippen molar-refractivity contribution in [1.82, 2.24) is 16.0 Å². The maximum Gasteiger partial charge on any atom is 0.328 e. The first-order chi connectivity index (χ1) is 7.88. The average Bonchev–Trinajstić information content (AvgIpc) is 2.24. The molecular formula is C9H17N3O5. The lowest BCUT2D eigenvalue weighted by Crippen LogP contribution is -2.51. The fourth-order valence-electron chi connectivity index (χ4n) is 0.996. The van der Waals surface area contributed by atoms with Crippen LogP contribution in [0.3, 0.4) is 0 Å². The molecule has 0 saturated heterocycles. The Balaban J connectivity index is 3.99. The summed E-state index contributed by atoms with van der Waals surface area (Å²) in [6, 6.07) is -2.13. The summed E-state index contributed by atoms with van der Waals surface area (Å²) in [5.41, 5.74) is 0. The Morgan fingerprint density at radius 3 is 2.29 bits per heavy atom. The van der Waals surface area contributed by atoms with E-state index in [1.54, 1.807) is 0 Å². The van der Waals surface area contributed by atoms with E-state index in [9.17, 15) is 14.4 Å². The fourth-order valence-corrected chi connectivity index (χ4v) is 0.996. The molecule has 17 heavy (non-hydrogen) atoms. The van der Waals surface area contributed by atoms with Gasteiger partial charge in [0.2, 0.25) is 5.91 Å². The van der Waals surface area contributed by atoms with Crippen molar-refractivity contribution < 1.29 is 24.6 Å². The minimum atomic E-state index is -1.38. The molecule has 0 radical (unpaired) electrons. The molecule has 8 heteroatoms. The second-order valence-corrected chi connectivity index (χ2v) is 3.38. The van der Waals surface area contributed by atoms with Crippen LogP contribution in [0, 0.1) is 0 Å². The summed E-state index contributed by atoms with van der Waals surface area (Å²) in [5.74, 6) is -1.57. The van der Waals surface area contributed by atoms with Gasteiger partial charge in [-0.05, 0) is 6.92 Å². The maximum atomic E-state index is 11.2. The number of carbonyl (C=O) groups is 3. The summed E-state index contributed by atoms with van der Waals surface area (Å²) < 4.78 is 0. The molecule has 0 aromatic carbocycles. The molecule has 0 heterocycles. The van der Waals surface area contributed by atoms with Gasteiger partial charge in [-0.15, -0.1) is 0 Å². The summed E-state index contributed by atoms with van der Waals surface area (Å²) >= 11 is 0. The van der Waals surface area contributed by atoms with Crippen molar-refractivity contribution in [3.8, 4) is 0 Å². The van der Waals surface area contributed by atoms with Crippen LogP contribution >= 0.6 is 0 Å². The highest BCUT2D eigenvalue weighted by Crippen LogP contribution is 1.92. The third-order valence-electron chi connectivity index (χ3n) is 1.95. The minimum absolute atomic E-state index is 0.0810. The molecule has 0 spiro atoms. The third kappa shape index (κ3) is 6.36. The van der Waals surface area contributed by atoms with Crippen LogP contribution in [0.1, 0.15) is 13.3 Å². The summed E-state index contributed by atoms with van der Waals surface area (Å²) in [6.07, 6.45) is -1.12. The normalized spacial score (nSPS) is 13.4. The van der Waals surface area contributed by atoms with Crippen LogP contribution in [-0.4, -0.2) is 53.9 Å². The zero-order valence-electron chi connectivity index (χ0n) is 9.69. The fraction of sp³-hybridized carbons (Fsp3) is 0.667. The van der Waals surface area contributed by atoms with Crippen molar-refractivity contribution >= 4 is 17.9 Å². The Labute approximate surface area is 98.4 Å². The predicted molar refractivity (Wildman–Crippen MR) is 58.3 cm³/mol. The number of urea groups is 1. The number of rotatable bonds is 6. The molecule has 3 amide bonds. The first kappa shape index (κ1) is 15.2. The van der Waals surface area contributed by atoms with E-state index in [2.05, 4.69) is 16.0 Å². The topological polar surface area (TPSA) is 128 Å². The zero-order chi connectivity index (χ0) is 13.4. The number of carboxylic acids is 1. The number of amides is 3. The molecule has 5 N–H and O–H groups in total. The van der Waals surface area contributed by atoms with Crippen LogP contribution in [0.5, 0.6) is 0 Å². The summed E-state index contributed by atoms with van der Waals surface area (Å²) in [5, 5.41) is 24.5. The Kier molecular flexibility index (Phi) is 6.64. The Bertz CT molecular complexity index is 292. The smallest absolute Gasteiger partial charge is 0.328 e. The van der Waals surface area contributed by atoms with Crippen molar-refractivity contribution in [3.05, 3.63) is 0 Å². The minimum Gasteiger partial charge on any atom is -0.480 e. The lowest BCUT2D eigenvalue weighted by molar-refractivity contribution is -0.141. The number of aliphatic hydroxyl groups is 1. The van der Waals surface area contributed by atoms with Gasteiger partial charge in [-0.2, -0.15) is 0 Å². The van der Waals surface area contributed by atoms with E-state index in [-0.39, 0.29) is 18.9 Å². The SMILES string of the molecule is CNC(=O)CCNC(=O)NC(C(=O)O)C(C)O. The summed E-state index contributed by atoms with van der Waals surface area (Å²) in [7, 11) is 1.47. The lowest BCUT2D eigenvalue weighted by atomic mass is 10.2. The van der Waals surface area contributed by atoms with Gasteiger partial charge in [0.15, 0.2) is 6.04 Å². The maximum absolute atomic E-state index is 11.2. The molecule has 98 valence electrons. The molecule has 0 rings (SSSR count). The molecule has 2 atom stereocenters. The van der Waals surface area contributed by atoms with Gasteiger partial charge < -0.3 is 26.2 Å². The van der Waals surface area contributed by atoms with E-state index >= 15 is 0 Å². The molecule has 2 unspecified atom stereocenters. The van der Waals surface area contributed by atoms with Gasteiger partial charge in [0.1, 0.15) is 0 Å². The number of aliphatic hydroxyl groups excluding tert-OH is 1. The van der Waals surface area contributed by atoms with E-state index in [1.165, 1.54) is 14.0 Å². The van der Waals surface area contributed by atoms with Gasteiger partial charge in [-0.25, -0.2) is 9.59 Å². The molecule has 0 aliphatic rings. The van der Waals surface area contributed by atoms with Gasteiger partial charge >= 0.3 is 12.0 Å². The number of aliphatic carboxylic acids is 1. The summed E-state index contributed by atoms with van der Waals surface area (Å²) in [6.45, 7) is 1.33. The predicted octanol–water partition coefficient (Wildman–Crippen LogP) is -1.74. The molecule has 0 saturated carbocycles. The van der Waals surface area contributed by atoms with Crippen LogP contribution in [0.4, 0.5) is 4.79 Å². The molecule has 8 nitrogen and oxygen atoms in total. The molecule has 0 fully saturated rings. The van der Waals surface area contributed by atoms with Gasteiger partial charge in [0.25, 0.3) is 0 Å². The van der Waals surface area contributed by atoms with E-state index in [0.29, 0.717) is 0 Å². The average molecular weight is 247 g/mol. The molecule has 0 aromatic rings. The second kappa shape index (κ2) is 7.44. The van der Waals surface area contributed by atoms with Crippen LogP contribution in [-0.2, 0) is 9.59 Å². The molecule has 0 bridgehead atoms. The highest BCUT2D eigenvalue weighted by molar-refractivity contribution is 5.83.